The van der Waals surface area contributed by atoms with E-state index < -0.39 is 0 Å². The first-order chi connectivity index (χ1) is 8.85. The molecule has 0 bridgehead atoms. The molecule has 3 nitrogen and oxygen atoms in total. The van der Waals surface area contributed by atoms with Gasteiger partial charge in [0.2, 0.25) is 0 Å². The second-order valence-electron chi connectivity index (χ2n) is 5.44. The van der Waals surface area contributed by atoms with Gasteiger partial charge < -0.3 is 10.1 Å². The summed E-state index contributed by atoms with van der Waals surface area (Å²) in [6.45, 7) is 5.19. The Hall–Kier alpha value is -0.900. The molecule has 18 heavy (non-hydrogen) atoms. The van der Waals surface area contributed by atoms with E-state index in [0.717, 1.165) is 32.8 Å². The highest BCUT2D eigenvalue weighted by Gasteiger charge is 2.24. The van der Waals surface area contributed by atoms with Crippen molar-refractivity contribution in [1.82, 2.24) is 10.2 Å². The molecule has 1 N–H and O–H groups in total. The standard InChI is InChI=1S/C15H22N2O/c1-16-8-12-4-5-13-9-17(10-14(13)7-12)11-15-3-2-6-18-15/h4-5,7,15-16H,2-3,6,8-11H2,1H3. The van der Waals surface area contributed by atoms with Gasteiger partial charge in [0.25, 0.3) is 0 Å². The average Bonchev–Trinajstić information content (AvgIpc) is 2.98. The normalized spacial score (nSPS) is 23.5. The lowest BCUT2D eigenvalue weighted by molar-refractivity contribution is 0.0723. The summed E-state index contributed by atoms with van der Waals surface area (Å²) in [7, 11) is 2.00. The Morgan fingerprint density at radius 3 is 3.00 bits per heavy atom. The summed E-state index contributed by atoms with van der Waals surface area (Å²) >= 11 is 0. The second-order valence-corrected chi connectivity index (χ2v) is 5.44. The summed E-state index contributed by atoms with van der Waals surface area (Å²) in [4.78, 5) is 2.52. The smallest absolute Gasteiger partial charge is 0.0703 e. The highest BCUT2D eigenvalue weighted by atomic mass is 16.5. The van der Waals surface area contributed by atoms with Crippen molar-refractivity contribution in [1.29, 1.82) is 0 Å². The molecule has 2 heterocycles. The van der Waals surface area contributed by atoms with Crippen molar-refractivity contribution in [2.45, 2.75) is 38.6 Å². The van der Waals surface area contributed by atoms with Crippen LogP contribution in [-0.2, 0) is 24.4 Å². The van der Waals surface area contributed by atoms with Crippen LogP contribution in [0.1, 0.15) is 29.5 Å². The van der Waals surface area contributed by atoms with Gasteiger partial charge in [-0.1, -0.05) is 18.2 Å². The molecular weight excluding hydrogens is 224 g/mol. The van der Waals surface area contributed by atoms with Crippen molar-refractivity contribution < 1.29 is 4.74 Å². The molecule has 2 aliphatic rings. The van der Waals surface area contributed by atoms with Crippen LogP contribution in [0.15, 0.2) is 18.2 Å². The van der Waals surface area contributed by atoms with Crippen molar-refractivity contribution >= 4 is 0 Å². The first-order valence-electron chi connectivity index (χ1n) is 6.94. The Morgan fingerprint density at radius 2 is 2.22 bits per heavy atom. The third kappa shape index (κ3) is 2.58. The van der Waals surface area contributed by atoms with Crippen molar-refractivity contribution in [3.8, 4) is 0 Å². The molecule has 0 saturated carbocycles. The van der Waals surface area contributed by atoms with Crippen LogP contribution >= 0.6 is 0 Å². The summed E-state index contributed by atoms with van der Waals surface area (Å²) in [5, 5.41) is 3.21. The van der Waals surface area contributed by atoms with Gasteiger partial charge in [-0.3, -0.25) is 4.90 Å². The molecule has 1 saturated heterocycles. The van der Waals surface area contributed by atoms with E-state index in [1.165, 1.54) is 29.5 Å². The maximum atomic E-state index is 5.72. The molecule has 1 aromatic carbocycles. The first kappa shape index (κ1) is 12.2. The molecule has 1 fully saturated rings. The van der Waals surface area contributed by atoms with Gasteiger partial charge in [-0.05, 0) is 36.6 Å². The highest BCUT2D eigenvalue weighted by Crippen LogP contribution is 2.25. The fourth-order valence-corrected chi connectivity index (χ4v) is 3.04. The Kier molecular flexibility index (Phi) is 3.64. The molecule has 0 radical (unpaired) electrons. The molecule has 1 aromatic rings. The summed E-state index contributed by atoms with van der Waals surface area (Å²) in [5.74, 6) is 0. The largest absolute Gasteiger partial charge is 0.377 e. The van der Waals surface area contributed by atoms with Gasteiger partial charge in [-0.2, -0.15) is 0 Å². The first-order valence-corrected chi connectivity index (χ1v) is 6.94. The number of rotatable bonds is 4. The van der Waals surface area contributed by atoms with Crippen LogP contribution in [0.4, 0.5) is 0 Å². The molecule has 0 aromatic heterocycles. The average molecular weight is 246 g/mol. The molecule has 0 amide bonds. The number of fused-ring (bicyclic) bond motifs is 1. The molecule has 3 rings (SSSR count). The van der Waals surface area contributed by atoms with E-state index in [9.17, 15) is 0 Å². The summed E-state index contributed by atoms with van der Waals surface area (Å²) < 4.78 is 5.72. The molecule has 0 spiro atoms. The van der Waals surface area contributed by atoms with Crippen LogP contribution in [0.3, 0.4) is 0 Å². The maximum absolute atomic E-state index is 5.72. The molecule has 0 aliphatic carbocycles. The predicted octanol–water partition coefficient (Wildman–Crippen LogP) is 1.90. The van der Waals surface area contributed by atoms with Gasteiger partial charge in [-0.25, -0.2) is 0 Å². The van der Waals surface area contributed by atoms with Crippen LogP contribution in [0, 0.1) is 0 Å². The number of ether oxygens (including phenoxy) is 1. The van der Waals surface area contributed by atoms with E-state index in [-0.39, 0.29) is 0 Å². The molecular formula is C15H22N2O. The molecule has 2 aliphatic heterocycles. The summed E-state index contributed by atoms with van der Waals surface area (Å²) in [5.41, 5.74) is 4.38. The minimum absolute atomic E-state index is 0.469. The lowest BCUT2D eigenvalue weighted by Crippen LogP contribution is -2.27. The van der Waals surface area contributed by atoms with Gasteiger partial charge in [0.1, 0.15) is 0 Å². The quantitative estimate of drug-likeness (QED) is 0.878. The number of hydrogen-bond donors (Lipinski definition) is 1. The SMILES string of the molecule is CNCc1ccc2c(c1)CN(CC1CCCO1)C2. The topological polar surface area (TPSA) is 24.5 Å². The maximum Gasteiger partial charge on any atom is 0.0703 e. The zero-order chi connectivity index (χ0) is 12.4. The number of nitrogens with one attached hydrogen (secondary N) is 1. The third-order valence-corrected chi connectivity index (χ3v) is 3.93. The fraction of sp³-hybridized carbons (Fsp3) is 0.600. The Morgan fingerprint density at radius 1 is 1.33 bits per heavy atom. The van der Waals surface area contributed by atoms with E-state index in [0.29, 0.717) is 6.10 Å². The van der Waals surface area contributed by atoms with Crippen LogP contribution in [0.5, 0.6) is 0 Å². The van der Waals surface area contributed by atoms with Gasteiger partial charge in [0.05, 0.1) is 6.10 Å². The van der Waals surface area contributed by atoms with Crippen molar-refractivity contribution in [2.75, 3.05) is 20.2 Å². The number of benzene rings is 1. The summed E-state index contributed by atoms with van der Waals surface area (Å²) in [6.07, 6.45) is 2.94. The lowest BCUT2D eigenvalue weighted by atomic mass is 10.1. The summed E-state index contributed by atoms with van der Waals surface area (Å²) in [6, 6.07) is 6.88. The van der Waals surface area contributed by atoms with E-state index in [2.05, 4.69) is 28.4 Å². The van der Waals surface area contributed by atoms with Gasteiger partial charge in [0, 0.05) is 32.8 Å². The minimum atomic E-state index is 0.469. The molecule has 1 atom stereocenters. The predicted molar refractivity (Wildman–Crippen MR) is 72.3 cm³/mol. The minimum Gasteiger partial charge on any atom is -0.377 e. The van der Waals surface area contributed by atoms with Gasteiger partial charge in [0.15, 0.2) is 0 Å². The third-order valence-electron chi connectivity index (χ3n) is 3.93. The van der Waals surface area contributed by atoms with E-state index in [1.807, 2.05) is 7.05 Å². The number of nitrogens with zero attached hydrogens (tertiary/aromatic N) is 1. The van der Waals surface area contributed by atoms with Crippen molar-refractivity contribution in [2.24, 2.45) is 0 Å². The Labute approximate surface area is 109 Å². The highest BCUT2D eigenvalue weighted by molar-refractivity contribution is 5.34. The Balaban J connectivity index is 1.63. The fourth-order valence-electron chi connectivity index (χ4n) is 3.04. The van der Waals surface area contributed by atoms with Crippen molar-refractivity contribution in [3.05, 3.63) is 34.9 Å². The van der Waals surface area contributed by atoms with Crippen LogP contribution in [-0.4, -0.2) is 31.2 Å². The van der Waals surface area contributed by atoms with Gasteiger partial charge >= 0.3 is 0 Å². The molecule has 98 valence electrons. The zero-order valence-corrected chi connectivity index (χ0v) is 11.1. The molecule has 3 heteroatoms. The van der Waals surface area contributed by atoms with Crippen LogP contribution < -0.4 is 5.32 Å². The van der Waals surface area contributed by atoms with E-state index in [1.54, 1.807) is 0 Å². The molecule has 1 unspecified atom stereocenters. The van der Waals surface area contributed by atoms with Crippen LogP contribution in [0.2, 0.25) is 0 Å². The van der Waals surface area contributed by atoms with E-state index >= 15 is 0 Å². The lowest BCUT2D eigenvalue weighted by Gasteiger charge is -2.18. The van der Waals surface area contributed by atoms with E-state index in [4.69, 9.17) is 4.74 Å². The second kappa shape index (κ2) is 5.39. The van der Waals surface area contributed by atoms with Gasteiger partial charge in [-0.15, -0.1) is 0 Å². The monoisotopic (exact) mass is 246 g/mol. The van der Waals surface area contributed by atoms with Crippen molar-refractivity contribution in [3.63, 3.8) is 0 Å². The zero-order valence-electron chi connectivity index (χ0n) is 11.1. The Bertz CT molecular complexity index is 413. The van der Waals surface area contributed by atoms with Crippen LogP contribution in [0.25, 0.3) is 0 Å². The number of hydrogen-bond acceptors (Lipinski definition) is 3.